The Morgan fingerprint density at radius 1 is 1.24 bits per heavy atom. The molecular formula is C14H20O2S. The number of carbonyl (C=O) groups is 1. The van der Waals surface area contributed by atoms with Gasteiger partial charge in [-0.15, -0.1) is 11.8 Å². The van der Waals surface area contributed by atoms with Crippen molar-refractivity contribution in [2.45, 2.75) is 38.5 Å². The average molecular weight is 252 g/mol. The Balaban J connectivity index is 2.43. The number of carboxylic acid groups (broad SMARTS) is 1. The molecule has 1 aromatic carbocycles. The molecule has 0 aliphatic rings. The molecule has 3 heteroatoms. The van der Waals surface area contributed by atoms with Crippen molar-refractivity contribution in [3.63, 3.8) is 0 Å². The van der Waals surface area contributed by atoms with E-state index in [4.69, 9.17) is 5.11 Å². The minimum absolute atomic E-state index is 0.104. The summed E-state index contributed by atoms with van der Waals surface area (Å²) in [5.41, 5.74) is 1.23. The predicted molar refractivity (Wildman–Crippen MR) is 72.6 cm³/mol. The zero-order chi connectivity index (χ0) is 12.9. The van der Waals surface area contributed by atoms with E-state index in [1.165, 1.54) is 11.3 Å². The molecule has 1 rings (SSSR count). The molecular weight excluding hydrogens is 232 g/mol. The standard InChI is InChI=1S/C14H20O2S/c1-14(2,3)8-9-17-12-6-4-11(5-7-12)10-13(15)16/h4-7H,8-10H2,1-3H3,(H,15,16). The van der Waals surface area contributed by atoms with Gasteiger partial charge in [0.2, 0.25) is 0 Å². The second kappa shape index (κ2) is 6.10. The van der Waals surface area contributed by atoms with Crippen LogP contribution in [-0.2, 0) is 11.2 Å². The summed E-state index contributed by atoms with van der Waals surface area (Å²) < 4.78 is 0. The molecule has 17 heavy (non-hydrogen) atoms. The molecule has 0 aromatic heterocycles. The molecule has 0 aliphatic heterocycles. The number of aliphatic carboxylic acids is 1. The number of thioether (sulfide) groups is 1. The molecule has 1 N–H and O–H groups in total. The third kappa shape index (κ3) is 6.37. The maximum atomic E-state index is 10.5. The van der Waals surface area contributed by atoms with Crippen LogP contribution in [0.2, 0.25) is 0 Å². The summed E-state index contributed by atoms with van der Waals surface area (Å²) in [6.07, 6.45) is 1.28. The van der Waals surface area contributed by atoms with E-state index >= 15 is 0 Å². The van der Waals surface area contributed by atoms with E-state index in [1.807, 2.05) is 36.0 Å². The number of carboxylic acids is 1. The first-order valence-electron chi connectivity index (χ1n) is 5.80. The third-order valence-corrected chi connectivity index (χ3v) is 3.41. The van der Waals surface area contributed by atoms with Gasteiger partial charge in [-0.2, -0.15) is 0 Å². The van der Waals surface area contributed by atoms with Crippen molar-refractivity contribution in [2.24, 2.45) is 5.41 Å². The molecule has 0 atom stereocenters. The van der Waals surface area contributed by atoms with Crippen molar-refractivity contribution in [2.75, 3.05) is 5.75 Å². The van der Waals surface area contributed by atoms with Gasteiger partial charge in [-0.1, -0.05) is 32.9 Å². The van der Waals surface area contributed by atoms with E-state index in [1.54, 1.807) is 0 Å². The van der Waals surface area contributed by atoms with Gasteiger partial charge in [0.05, 0.1) is 6.42 Å². The molecule has 0 fully saturated rings. The zero-order valence-corrected chi connectivity index (χ0v) is 11.5. The van der Waals surface area contributed by atoms with Gasteiger partial charge in [0.25, 0.3) is 0 Å². The first kappa shape index (κ1) is 14.1. The molecule has 0 saturated carbocycles. The SMILES string of the molecule is CC(C)(C)CCSc1ccc(CC(=O)O)cc1. The van der Waals surface area contributed by atoms with Crippen LogP contribution in [0.3, 0.4) is 0 Å². The lowest BCUT2D eigenvalue weighted by molar-refractivity contribution is -0.136. The van der Waals surface area contributed by atoms with Crippen molar-refractivity contribution in [3.8, 4) is 0 Å². The topological polar surface area (TPSA) is 37.3 Å². The quantitative estimate of drug-likeness (QED) is 0.809. The minimum atomic E-state index is -0.780. The van der Waals surface area contributed by atoms with E-state index in [0.717, 1.165) is 11.3 Å². The van der Waals surface area contributed by atoms with Gasteiger partial charge in [0.1, 0.15) is 0 Å². The van der Waals surface area contributed by atoms with Crippen molar-refractivity contribution >= 4 is 17.7 Å². The number of hydrogen-bond acceptors (Lipinski definition) is 2. The molecule has 0 unspecified atom stereocenters. The molecule has 0 spiro atoms. The zero-order valence-electron chi connectivity index (χ0n) is 10.7. The Morgan fingerprint density at radius 2 is 1.82 bits per heavy atom. The van der Waals surface area contributed by atoms with Gasteiger partial charge in [0, 0.05) is 4.90 Å². The van der Waals surface area contributed by atoms with Crippen LogP contribution in [0.15, 0.2) is 29.2 Å². The monoisotopic (exact) mass is 252 g/mol. The molecule has 0 saturated heterocycles. The van der Waals surface area contributed by atoms with Gasteiger partial charge < -0.3 is 5.11 Å². The van der Waals surface area contributed by atoms with Crippen LogP contribution in [0.1, 0.15) is 32.8 Å². The normalized spacial score (nSPS) is 11.5. The Bertz CT molecular complexity index is 363. The number of hydrogen-bond donors (Lipinski definition) is 1. The summed E-state index contributed by atoms with van der Waals surface area (Å²) >= 11 is 1.83. The largest absolute Gasteiger partial charge is 0.481 e. The number of rotatable bonds is 5. The second-order valence-corrected chi connectivity index (χ2v) is 6.54. The molecule has 0 amide bonds. The van der Waals surface area contributed by atoms with Crippen LogP contribution in [0.5, 0.6) is 0 Å². The molecule has 1 aromatic rings. The summed E-state index contributed by atoms with van der Waals surface area (Å²) in [5.74, 6) is 0.319. The van der Waals surface area contributed by atoms with Crippen LogP contribution in [0.25, 0.3) is 0 Å². The Kier molecular flexibility index (Phi) is 5.06. The van der Waals surface area contributed by atoms with Crippen LogP contribution in [0.4, 0.5) is 0 Å². The third-order valence-electron chi connectivity index (χ3n) is 2.40. The van der Waals surface area contributed by atoms with Crippen molar-refractivity contribution in [3.05, 3.63) is 29.8 Å². The summed E-state index contributed by atoms with van der Waals surface area (Å²) in [6, 6.07) is 7.80. The highest BCUT2D eigenvalue weighted by Gasteiger charge is 2.09. The molecule has 0 heterocycles. The molecule has 0 radical (unpaired) electrons. The first-order valence-corrected chi connectivity index (χ1v) is 6.79. The molecule has 0 bridgehead atoms. The average Bonchev–Trinajstić information content (AvgIpc) is 2.18. The van der Waals surface area contributed by atoms with Gasteiger partial charge >= 0.3 is 5.97 Å². The summed E-state index contributed by atoms with van der Waals surface area (Å²) in [6.45, 7) is 6.72. The van der Waals surface area contributed by atoms with E-state index in [-0.39, 0.29) is 6.42 Å². The minimum Gasteiger partial charge on any atom is -0.481 e. The van der Waals surface area contributed by atoms with Crippen molar-refractivity contribution < 1.29 is 9.90 Å². The highest BCUT2D eigenvalue weighted by Crippen LogP contribution is 2.26. The molecule has 2 nitrogen and oxygen atoms in total. The Labute approximate surface area is 107 Å². The Hall–Kier alpha value is -0.960. The van der Waals surface area contributed by atoms with Crippen LogP contribution in [-0.4, -0.2) is 16.8 Å². The van der Waals surface area contributed by atoms with E-state index in [2.05, 4.69) is 20.8 Å². The highest BCUT2D eigenvalue weighted by molar-refractivity contribution is 7.99. The smallest absolute Gasteiger partial charge is 0.307 e. The van der Waals surface area contributed by atoms with Gasteiger partial charge in [-0.05, 0) is 35.3 Å². The second-order valence-electron chi connectivity index (χ2n) is 5.37. The van der Waals surface area contributed by atoms with Crippen LogP contribution >= 0.6 is 11.8 Å². The summed E-state index contributed by atoms with van der Waals surface area (Å²) in [7, 11) is 0. The predicted octanol–water partition coefficient (Wildman–Crippen LogP) is 3.84. The fourth-order valence-corrected chi connectivity index (χ4v) is 2.63. The molecule has 0 aliphatic carbocycles. The van der Waals surface area contributed by atoms with Crippen LogP contribution < -0.4 is 0 Å². The van der Waals surface area contributed by atoms with E-state index < -0.39 is 5.97 Å². The summed E-state index contributed by atoms with van der Waals surface area (Å²) in [5, 5.41) is 8.66. The lowest BCUT2D eigenvalue weighted by Gasteiger charge is -2.17. The highest BCUT2D eigenvalue weighted by atomic mass is 32.2. The van der Waals surface area contributed by atoms with Gasteiger partial charge in [-0.3, -0.25) is 4.79 Å². The molecule has 94 valence electrons. The number of benzene rings is 1. The Morgan fingerprint density at radius 3 is 2.29 bits per heavy atom. The van der Waals surface area contributed by atoms with Crippen LogP contribution in [0, 0.1) is 5.41 Å². The first-order chi connectivity index (χ1) is 7.87. The van der Waals surface area contributed by atoms with Gasteiger partial charge in [-0.25, -0.2) is 0 Å². The lowest BCUT2D eigenvalue weighted by Crippen LogP contribution is -2.05. The summed E-state index contributed by atoms with van der Waals surface area (Å²) in [4.78, 5) is 11.7. The van der Waals surface area contributed by atoms with Crippen molar-refractivity contribution in [1.29, 1.82) is 0 Å². The van der Waals surface area contributed by atoms with Crippen molar-refractivity contribution in [1.82, 2.24) is 0 Å². The van der Waals surface area contributed by atoms with E-state index in [0.29, 0.717) is 5.41 Å². The van der Waals surface area contributed by atoms with Gasteiger partial charge in [0.15, 0.2) is 0 Å². The fraction of sp³-hybridized carbons (Fsp3) is 0.500. The van der Waals surface area contributed by atoms with E-state index in [9.17, 15) is 4.79 Å². The maximum Gasteiger partial charge on any atom is 0.307 e. The lowest BCUT2D eigenvalue weighted by atomic mass is 9.94. The fourth-order valence-electron chi connectivity index (χ4n) is 1.35. The maximum absolute atomic E-state index is 10.5.